The van der Waals surface area contributed by atoms with Gasteiger partial charge in [-0.2, -0.15) is 0 Å². The molecule has 6 heteroatoms. The number of anilines is 2. The molecule has 2 aliphatic rings. The van der Waals surface area contributed by atoms with Gasteiger partial charge in [0.2, 0.25) is 5.91 Å². The standard InChI is InChI=1S/C23H36N4O2/c1-4-16(2)21-23(29)26-20-15-17(11-12-19(20)25-21)22(28)24-13-8-14-27(3)18-9-6-5-7-10-18/h11-12,15-16,18,21,25H,4-10,13-14H2,1-3H3,(H,24,28)(H,26,29)/t16-,21+/m1/s1. The molecule has 1 fully saturated rings. The Balaban J connectivity index is 1.48. The van der Waals surface area contributed by atoms with Gasteiger partial charge in [-0.25, -0.2) is 0 Å². The van der Waals surface area contributed by atoms with Gasteiger partial charge in [0.1, 0.15) is 6.04 Å². The lowest BCUT2D eigenvalue weighted by Gasteiger charge is -2.31. The zero-order valence-corrected chi connectivity index (χ0v) is 18.1. The molecular formula is C23H36N4O2. The first-order valence-corrected chi connectivity index (χ1v) is 11.2. The van der Waals surface area contributed by atoms with Crippen LogP contribution < -0.4 is 16.0 Å². The highest BCUT2D eigenvalue weighted by molar-refractivity contribution is 6.05. The molecule has 0 bridgehead atoms. The molecule has 1 aromatic rings. The van der Waals surface area contributed by atoms with Crippen molar-refractivity contribution in [2.24, 2.45) is 5.92 Å². The number of nitrogens with zero attached hydrogens (tertiary/aromatic N) is 1. The molecule has 1 aliphatic carbocycles. The number of nitrogens with one attached hydrogen (secondary N) is 3. The van der Waals surface area contributed by atoms with Crippen molar-refractivity contribution < 1.29 is 9.59 Å². The van der Waals surface area contributed by atoms with Crippen molar-refractivity contribution in [2.45, 2.75) is 70.9 Å². The highest BCUT2D eigenvalue weighted by Crippen LogP contribution is 2.30. The van der Waals surface area contributed by atoms with E-state index in [1.165, 1.54) is 32.1 Å². The fourth-order valence-corrected chi connectivity index (χ4v) is 4.33. The Morgan fingerprint density at radius 1 is 1.24 bits per heavy atom. The highest BCUT2D eigenvalue weighted by atomic mass is 16.2. The van der Waals surface area contributed by atoms with Crippen LogP contribution in [0.1, 0.15) is 69.2 Å². The van der Waals surface area contributed by atoms with Crippen molar-refractivity contribution in [3.63, 3.8) is 0 Å². The number of hydrogen-bond donors (Lipinski definition) is 3. The Hall–Kier alpha value is -2.08. The molecule has 0 aromatic heterocycles. The summed E-state index contributed by atoms with van der Waals surface area (Å²) >= 11 is 0. The van der Waals surface area contributed by atoms with Crippen LogP contribution in [-0.2, 0) is 4.79 Å². The maximum absolute atomic E-state index is 12.5. The van der Waals surface area contributed by atoms with E-state index >= 15 is 0 Å². The van der Waals surface area contributed by atoms with Crippen LogP contribution in [0.25, 0.3) is 0 Å². The quantitative estimate of drug-likeness (QED) is 0.580. The molecule has 1 saturated carbocycles. The van der Waals surface area contributed by atoms with Crippen LogP contribution in [0.2, 0.25) is 0 Å². The Bertz CT molecular complexity index is 715. The number of rotatable bonds is 8. The smallest absolute Gasteiger partial charge is 0.251 e. The van der Waals surface area contributed by atoms with E-state index in [9.17, 15) is 9.59 Å². The maximum Gasteiger partial charge on any atom is 0.251 e. The minimum Gasteiger partial charge on any atom is -0.372 e. The summed E-state index contributed by atoms with van der Waals surface area (Å²) in [6.07, 6.45) is 8.53. The molecule has 0 radical (unpaired) electrons. The Labute approximate surface area is 174 Å². The van der Waals surface area contributed by atoms with Crippen LogP contribution in [-0.4, -0.2) is 48.9 Å². The van der Waals surface area contributed by atoms with Crippen molar-refractivity contribution in [2.75, 3.05) is 30.8 Å². The fraction of sp³-hybridized carbons (Fsp3) is 0.652. The monoisotopic (exact) mass is 400 g/mol. The first-order valence-electron chi connectivity index (χ1n) is 11.2. The van der Waals surface area contributed by atoms with E-state index in [0.29, 0.717) is 23.8 Å². The Morgan fingerprint density at radius 3 is 2.72 bits per heavy atom. The number of hydrogen-bond acceptors (Lipinski definition) is 4. The van der Waals surface area contributed by atoms with Crippen molar-refractivity contribution in [3.8, 4) is 0 Å². The molecule has 1 aliphatic heterocycles. The second kappa shape index (κ2) is 10.1. The van der Waals surface area contributed by atoms with Gasteiger partial charge in [0.25, 0.3) is 5.91 Å². The number of fused-ring (bicyclic) bond motifs is 1. The molecule has 1 aromatic carbocycles. The summed E-state index contributed by atoms with van der Waals surface area (Å²) in [5, 5.41) is 9.27. The summed E-state index contributed by atoms with van der Waals surface area (Å²) in [7, 11) is 2.20. The largest absolute Gasteiger partial charge is 0.372 e. The van der Waals surface area contributed by atoms with Crippen molar-refractivity contribution in [1.82, 2.24) is 10.2 Å². The van der Waals surface area contributed by atoms with Crippen LogP contribution in [0.15, 0.2) is 18.2 Å². The lowest BCUT2D eigenvalue weighted by molar-refractivity contribution is -0.118. The average molecular weight is 401 g/mol. The number of benzene rings is 1. The minimum absolute atomic E-state index is 0.0323. The molecule has 160 valence electrons. The van der Waals surface area contributed by atoms with Crippen molar-refractivity contribution >= 4 is 23.2 Å². The lowest BCUT2D eigenvalue weighted by Crippen LogP contribution is -2.43. The summed E-state index contributed by atoms with van der Waals surface area (Å²) < 4.78 is 0. The molecule has 3 rings (SSSR count). The molecule has 2 amide bonds. The zero-order valence-electron chi connectivity index (χ0n) is 18.1. The average Bonchev–Trinajstić information content (AvgIpc) is 2.75. The number of carbonyl (C=O) groups is 2. The predicted octanol–water partition coefficient (Wildman–Crippen LogP) is 3.85. The Morgan fingerprint density at radius 2 is 2.00 bits per heavy atom. The molecule has 0 unspecified atom stereocenters. The van der Waals surface area contributed by atoms with Gasteiger partial charge in [-0.3, -0.25) is 9.59 Å². The van der Waals surface area contributed by atoms with E-state index in [1.807, 2.05) is 12.1 Å². The van der Waals surface area contributed by atoms with Crippen molar-refractivity contribution in [3.05, 3.63) is 23.8 Å². The molecule has 2 atom stereocenters. The zero-order chi connectivity index (χ0) is 20.8. The molecule has 29 heavy (non-hydrogen) atoms. The second-order valence-corrected chi connectivity index (χ2v) is 8.64. The first kappa shape index (κ1) is 21.6. The molecular weight excluding hydrogens is 364 g/mol. The van der Waals surface area contributed by atoms with E-state index < -0.39 is 0 Å². The molecule has 0 saturated heterocycles. The van der Waals surface area contributed by atoms with Gasteiger partial charge in [0.05, 0.1) is 11.4 Å². The molecule has 0 spiro atoms. The van der Waals surface area contributed by atoms with Gasteiger partial charge in [-0.15, -0.1) is 0 Å². The van der Waals surface area contributed by atoms with Crippen LogP contribution in [0.3, 0.4) is 0 Å². The highest BCUT2D eigenvalue weighted by Gasteiger charge is 2.29. The first-order chi connectivity index (χ1) is 14.0. The van der Waals surface area contributed by atoms with Gasteiger partial charge in [0, 0.05) is 18.2 Å². The third kappa shape index (κ3) is 5.50. The number of amides is 2. The normalized spacial score (nSPS) is 20.6. The van der Waals surface area contributed by atoms with Gasteiger partial charge in [-0.05, 0) is 57.0 Å². The minimum atomic E-state index is -0.228. The van der Waals surface area contributed by atoms with Gasteiger partial charge < -0.3 is 20.9 Å². The maximum atomic E-state index is 12.5. The SMILES string of the molecule is CC[C@@H](C)[C@@H]1Nc2ccc(C(=O)NCCCN(C)C3CCCCC3)cc2NC1=O. The van der Waals surface area contributed by atoms with Crippen LogP contribution >= 0.6 is 0 Å². The summed E-state index contributed by atoms with van der Waals surface area (Å²) in [5.74, 6) is 0.124. The summed E-state index contributed by atoms with van der Waals surface area (Å²) in [6.45, 7) is 5.81. The van der Waals surface area contributed by atoms with Crippen LogP contribution in [0, 0.1) is 5.92 Å². The van der Waals surface area contributed by atoms with E-state index in [-0.39, 0.29) is 23.8 Å². The molecule has 1 heterocycles. The van der Waals surface area contributed by atoms with Gasteiger partial charge >= 0.3 is 0 Å². The molecule has 6 nitrogen and oxygen atoms in total. The van der Waals surface area contributed by atoms with E-state index in [2.05, 4.69) is 41.7 Å². The summed E-state index contributed by atoms with van der Waals surface area (Å²) in [4.78, 5) is 27.3. The fourth-order valence-electron chi connectivity index (χ4n) is 4.33. The third-order valence-electron chi connectivity index (χ3n) is 6.52. The van der Waals surface area contributed by atoms with E-state index in [1.54, 1.807) is 6.07 Å². The number of carbonyl (C=O) groups excluding carboxylic acids is 2. The van der Waals surface area contributed by atoms with Crippen LogP contribution in [0.4, 0.5) is 11.4 Å². The van der Waals surface area contributed by atoms with Gasteiger partial charge in [0.15, 0.2) is 0 Å². The lowest BCUT2D eigenvalue weighted by atomic mass is 9.94. The molecule has 3 N–H and O–H groups in total. The van der Waals surface area contributed by atoms with Gasteiger partial charge in [-0.1, -0.05) is 39.5 Å². The topological polar surface area (TPSA) is 73.5 Å². The summed E-state index contributed by atoms with van der Waals surface area (Å²) in [6, 6.07) is 5.94. The van der Waals surface area contributed by atoms with E-state index in [4.69, 9.17) is 0 Å². The third-order valence-corrected chi connectivity index (χ3v) is 6.52. The Kier molecular flexibility index (Phi) is 7.53. The second-order valence-electron chi connectivity index (χ2n) is 8.64. The predicted molar refractivity (Wildman–Crippen MR) is 118 cm³/mol. The van der Waals surface area contributed by atoms with Crippen LogP contribution in [0.5, 0.6) is 0 Å². The van der Waals surface area contributed by atoms with Crippen molar-refractivity contribution in [1.29, 1.82) is 0 Å². The van der Waals surface area contributed by atoms with E-state index in [0.717, 1.165) is 25.1 Å². The summed E-state index contributed by atoms with van der Waals surface area (Å²) in [5.41, 5.74) is 2.13.